The SMILES string of the molecule is Cc1nc(Cl)c2ccccc2n1.Cc1nc(N(C)c2ccc([N+](=O)[O-])cc2)c2ccccc2n1. The molecule has 34 heavy (non-hydrogen) atoms. The van der Waals surface area contributed by atoms with Crippen LogP contribution in [-0.4, -0.2) is 31.9 Å². The molecule has 0 radical (unpaired) electrons. The maximum atomic E-state index is 10.7. The molecule has 0 unspecified atom stereocenters. The number of aryl methyl sites for hydroxylation is 2. The topological polar surface area (TPSA) is 97.9 Å². The second kappa shape index (κ2) is 9.76. The van der Waals surface area contributed by atoms with Crippen molar-refractivity contribution in [1.82, 2.24) is 19.9 Å². The summed E-state index contributed by atoms with van der Waals surface area (Å²) in [7, 11) is 1.88. The Labute approximate surface area is 201 Å². The van der Waals surface area contributed by atoms with Crippen molar-refractivity contribution in [2.75, 3.05) is 11.9 Å². The molecule has 9 heteroatoms. The number of hydrogen-bond donors (Lipinski definition) is 0. The van der Waals surface area contributed by atoms with E-state index >= 15 is 0 Å². The number of fused-ring (bicyclic) bond motifs is 2. The first-order valence-electron chi connectivity index (χ1n) is 10.4. The Morgan fingerprint density at radius 3 is 1.91 bits per heavy atom. The Morgan fingerprint density at radius 2 is 1.29 bits per heavy atom. The number of rotatable bonds is 3. The molecule has 0 bridgehead atoms. The van der Waals surface area contributed by atoms with Crippen LogP contribution in [0.25, 0.3) is 21.8 Å². The number of nitrogens with zero attached hydrogens (tertiary/aromatic N) is 6. The van der Waals surface area contributed by atoms with Crippen molar-refractivity contribution in [2.45, 2.75) is 13.8 Å². The van der Waals surface area contributed by atoms with E-state index in [9.17, 15) is 10.1 Å². The Bertz CT molecular complexity index is 1490. The van der Waals surface area contributed by atoms with E-state index < -0.39 is 4.92 Å². The minimum atomic E-state index is -0.409. The quantitative estimate of drug-likeness (QED) is 0.175. The highest BCUT2D eigenvalue weighted by Gasteiger charge is 2.13. The van der Waals surface area contributed by atoms with Gasteiger partial charge in [0.25, 0.3) is 5.69 Å². The van der Waals surface area contributed by atoms with Gasteiger partial charge in [-0.3, -0.25) is 10.1 Å². The zero-order valence-corrected chi connectivity index (χ0v) is 19.6. The summed E-state index contributed by atoms with van der Waals surface area (Å²) in [5.41, 5.74) is 2.67. The maximum absolute atomic E-state index is 10.7. The molecule has 0 spiro atoms. The molecule has 0 aliphatic carbocycles. The zero-order valence-electron chi connectivity index (χ0n) is 18.8. The average Bonchev–Trinajstić information content (AvgIpc) is 2.83. The predicted molar refractivity (Wildman–Crippen MR) is 135 cm³/mol. The molecule has 5 aromatic rings. The first-order chi connectivity index (χ1) is 16.3. The Morgan fingerprint density at radius 1 is 0.765 bits per heavy atom. The summed E-state index contributed by atoms with van der Waals surface area (Å²) in [5.74, 6) is 2.16. The van der Waals surface area contributed by atoms with Gasteiger partial charge < -0.3 is 4.90 Å². The standard InChI is InChI=1S/C16H14N4O2.C9H7ClN2/c1-11-17-15-6-4-3-5-14(15)16(18-11)19(2)12-7-9-13(10-8-12)20(21)22;1-6-11-8-5-3-2-4-7(8)9(10)12-6/h3-10H,1-2H3;2-5H,1H3. The number of nitro benzene ring substituents is 1. The van der Waals surface area contributed by atoms with E-state index in [4.69, 9.17) is 11.6 Å². The van der Waals surface area contributed by atoms with Crippen LogP contribution in [-0.2, 0) is 0 Å². The Balaban J connectivity index is 0.000000192. The fraction of sp³-hybridized carbons (Fsp3) is 0.120. The van der Waals surface area contributed by atoms with Crippen molar-refractivity contribution < 1.29 is 4.92 Å². The molecule has 0 atom stereocenters. The summed E-state index contributed by atoms with van der Waals surface area (Å²) in [4.78, 5) is 29.5. The summed E-state index contributed by atoms with van der Waals surface area (Å²) in [6.45, 7) is 3.68. The number of non-ortho nitro benzene ring substituents is 1. The van der Waals surface area contributed by atoms with Gasteiger partial charge in [-0.05, 0) is 50.2 Å². The minimum Gasteiger partial charge on any atom is -0.329 e. The molecule has 0 saturated heterocycles. The zero-order chi connectivity index (χ0) is 24.2. The number of hydrogen-bond acceptors (Lipinski definition) is 7. The van der Waals surface area contributed by atoms with Crippen molar-refractivity contribution in [3.05, 3.63) is 99.7 Å². The largest absolute Gasteiger partial charge is 0.329 e. The average molecular weight is 473 g/mol. The highest BCUT2D eigenvalue weighted by atomic mass is 35.5. The number of para-hydroxylation sites is 2. The van der Waals surface area contributed by atoms with Gasteiger partial charge in [-0.15, -0.1) is 0 Å². The minimum absolute atomic E-state index is 0.0703. The second-order valence-corrected chi connectivity index (χ2v) is 7.88. The summed E-state index contributed by atoms with van der Waals surface area (Å²) >= 11 is 5.91. The lowest BCUT2D eigenvalue weighted by Gasteiger charge is -2.20. The van der Waals surface area contributed by atoms with E-state index in [1.54, 1.807) is 12.1 Å². The van der Waals surface area contributed by atoms with Crippen LogP contribution in [0, 0.1) is 24.0 Å². The van der Waals surface area contributed by atoms with Gasteiger partial charge in [0.1, 0.15) is 22.6 Å². The molecule has 5 rings (SSSR count). The highest BCUT2D eigenvalue weighted by Crippen LogP contribution is 2.29. The number of nitro groups is 1. The molecular formula is C25H21ClN6O2. The molecule has 0 fully saturated rings. The van der Waals surface area contributed by atoms with Crippen LogP contribution < -0.4 is 4.90 Å². The van der Waals surface area contributed by atoms with Gasteiger partial charge in [0.15, 0.2) is 0 Å². The predicted octanol–water partition coefficient (Wildman–Crippen LogP) is 6.21. The molecule has 170 valence electrons. The van der Waals surface area contributed by atoms with Crippen LogP contribution in [0.2, 0.25) is 5.15 Å². The van der Waals surface area contributed by atoms with Crippen molar-refractivity contribution >= 4 is 50.6 Å². The van der Waals surface area contributed by atoms with Crippen LogP contribution in [0.5, 0.6) is 0 Å². The van der Waals surface area contributed by atoms with E-state index in [1.165, 1.54) is 12.1 Å². The third-order valence-corrected chi connectivity index (χ3v) is 5.42. The van der Waals surface area contributed by atoms with Crippen molar-refractivity contribution in [2.24, 2.45) is 0 Å². The normalized spacial score (nSPS) is 10.6. The number of benzene rings is 3. The molecule has 3 aromatic carbocycles. The van der Waals surface area contributed by atoms with Crippen LogP contribution >= 0.6 is 11.6 Å². The molecule has 2 heterocycles. The number of anilines is 2. The van der Waals surface area contributed by atoms with Crippen molar-refractivity contribution in [3.63, 3.8) is 0 Å². The highest BCUT2D eigenvalue weighted by molar-refractivity contribution is 6.34. The summed E-state index contributed by atoms with van der Waals surface area (Å²) in [6, 6.07) is 21.9. The maximum Gasteiger partial charge on any atom is 0.269 e. The molecule has 8 nitrogen and oxygen atoms in total. The third kappa shape index (κ3) is 4.92. The molecule has 0 N–H and O–H groups in total. The Kier molecular flexibility index (Phi) is 6.60. The molecule has 2 aromatic heterocycles. The monoisotopic (exact) mass is 472 g/mol. The van der Waals surface area contributed by atoms with Crippen LogP contribution in [0.1, 0.15) is 11.6 Å². The number of halogens is 1. The molecular weight excluding hydrogens is 452 g/mol. The van der Waals surface area contributed by atoms with Crippen LogP contribution in [0.4, 0.5) is 17.2 Å². The van der Waals surface area contributed by atoms with E-state index in [0.29, 0.717) is 16.8 Å². The van der Waals surface area contributed by atoms with Gasteiger partial charge in [-0.25, -0.2) is 19.9 Å². The summed E-state index contributed by atoms with van der Waals surface area (Å²) in [6.07, 6.45) is 0. The molecule has 0 saturated carbocycles. The van der Waals surface area contributed by atoms with Crippen LogP contribution in [0.15, 0.2) is 72.8 Å². The molecule has 0 amide bonds. The smallest absolute Gasteiger partial charge is 0.269 e. The molecule has 0 aliphatic heterocycles. The van der Waals surface area contributed by atoms with Crippen molar-refractivity contribution in [3.8, 4) is 0 Å². The van der Waals surface area contributed by atoms with Crippen LogP contribution in [0.3, 0.4) is 0 Å². The molecule has 0 aliphatic rings. The van der Waals surface area contributed by atoms with E-state index in [-0.39, 0.29) is 5.69 Å². The first-order valence-corrected chi connectivity index (χ1v) is 10.8. The van der Waals surface area contributed by atoms with Gasteiger partial charge in [0, 0.05) is 35.6 Å². The fourth-order valence-corrected chi connectivity index (χ4v) is 3.78. The lowest BCUT2D eigenvalue weighted by molar-refractivity contribution is -0.384. The summed E-state index contributed by atoms with van der Waals surface area (Å²) in [5, 5.41) is 13.1. The van der Waals surface area contributed by atoms with Gasteiger partial charge >= 0.3 is 0 Å². The first kappa shape index (κ1) is 23.0. The number of aromatic nitrogens is 4. The van der Waals surface area contributed by atoms with Gasteiger partial charge in [-0.1, -0.05) is 35.9 Å². The second-order valence-electron chi connectivity index (χ2n) is 7.52. The van der Waals surface area contributed by atoms with E-state index in [2.05, 4.69) is 19.9 Å². The Hall–Kier alpha value is -4.17. The fourth-order valence-electron chi connectivity index (χ4n) is 3.50. The van der Waals surface area contributed by atoms with Gasteiger partial charge in [0.2, 0.25) is 0 Å². The van der Waals surface area contributed by atoms with E-state index in [0.717, 1.165) is 33.3 Å². The summed E-state index contributed by atoms with van der Waals surface area (Å²) < 4.78 is 0. The lowest BCUT2D eigenvalue weighted by atomic mass is 10.2. The van der Waals surface area contributed by atoms with E-state index in [1.807, 2.05) is 74.3 Å². The third-order valence-electron chi connectivity index (χ3n) is 5.13. The van der Waals surface area contributed by atoms with Gasteiger partial charge in [0.05, 0.1) is 16.0 Å². The van der Waals surface area contributed by atoms with Crippen molar-refractivity contribution in [1.29, 1.82) is 0 Å². The lowest BCUT2D eigenvalue weighted by Crippen LogP contribution is -2.13. The van der Waals surface area contributed by atoms with Gasteiger partial charge in [-0.2, -0.15) is 0 Å².